The molecular formula is C25H25F2N5O. The molecule has 1 aliphatic heterocycles. The lowest BCUT2D eigenvalue weighted by atomic mass is 10.1. The Morgan fingerprint density at radius 2 is 2.03 bits per heavy atom. The molecule has 0 saturated carbocycles. The molecule has 1 aliphatic rings. The fourth-order valence-electron chi connectivity index (χ4n) is 4.04. The summed E-state index contributed by atoms with van der Waals surface area (Å²) in [5, 5.41) is 11.1. The lowest BCUT2D eigenvalue weighted by Gasteiger charge is -2.15. The van der Waals surface area contributed by atoms with Gasteiger partial charge in [-0.1, -0.05) is 12.1 Å². The van der Waals surface area contributed by atoms with Crippen LogP contribution in [0, 0.1) is 5.82 Å². The van der Waals surface area contributed by atoms with Crippen molar-refractivity contribution in [3.8, 4) is 17.0 Å². The van der Waals surface area contributed by atoms with Crippen molar-refractivity contribution in [3.05, 3.63) is 78.2 Å². The van der Waals surface area contributed by atoms with Crippen LogP contribution in [0.15, 0.2) is 66.9 Å². The summed E-state index contributed by atoms with van der Waals surface area (Å²) in [4.78, 5) is 4.45. The Hall–Kier alpha value is -3.52. The van der Waals surface area contributed by atoms with E-state index in [1.165, 1.54) is 12.1 Å². The monoisotopic (exact) mass is 449 g/mol. The second-order valence-corrected chi connectivity index (χ2v) is 8.33. The summed E-state index contributed by atoms with van der Waals surface area (Å²) < 4.78 is 34.4. The molecule has 1 saturated heterocycles. The van der Waals surface area contributed by atoms with E-state index in [1.54, 1.807) is 16.8 Å². The number of benzene rings is 2. The van der Waals surface area contributed by atoms with Crippen molar-refractivity contribution in [3.63, 3.8) is 0 Å². The van der Waals surface area contributed by atoms with E-state index >= 15 is 0 Å². The second-order valence-electron chi connectivity index (χ2n) is 8.33. The van der Waals surface area contributed by atoms with E-state index in [0.29, 0.717) is 25.4 Å². The molecule has 0 aliphatic carbocycles. The Balaban J connectivity index is 1.31. The van der Waals surface area contributed by atoms with E-state index in [1.807, 2.05) is 49.4 Å². The highest BCUT2D eigenvalue weighted by molar-refractivity contribution is 5.64. The number of hydrogen-bond donors (Lipinski definition) is 2. The minimum absolute atomic E-state index is 0.0448. The first kappa shape index (κ1) is 21.3. The lowest BCUT2D eigenvalue weighted by molar-refractivity contribution is 0.268. The van der Waals surface area contributed by atoms with Crippen LogP contribution >= 0.6 is 0 Å². The summed E-state index contributed by atoms with van der Waals surface area (Å²) >= 11 is 0. The van der Waals surface area contributed by atoms with Gasteiger partial charge < -0.3 is 15.4 Å². The van der Waals surface area contributed by atoms with E-state index in [9.17, 15) is 8.78 Å². The zero-order chi connectivity index (χ0) is 22.8. The highest BCUT2D eigenvalue weighted by atomic mass is 19.1. The Kier molecular flexibility index (Phi) is 5.92. The summed E-state index contributed by atoms with van der Waals surface area (Å²) in [6.45, 7) is 2.80. The number of halogens is 2. The van der Waals surface area contributed by atoms with Crippen LogP contribution in [-0.4, -0.2) is 40.0 Å². The van der Waals surface area contributed by atoms with Gasteiger partial charge >= 0.3 is 0 Å². The molecule has 3 heterocycles. The molecule has 0 amide bonds. The molecule has 2 aromatic carbocycles. The average Bonchev–Trinajstić information content (AvgIpc) is 3.43. The van der Waals surface area contributed by atoms with Crippen molar-refractivity contribution in [2.24, 2.45) is 0 Å². The molecule has 0 radical (unpaired) electrons. The van der Waals surface area contributed by atoms with Gasteiger partial charge in [0.2, 0.25) is 0 Å². The number of ether oxygens (including phenoxy) is 1. The van der Waals surface area contributed by atoms with Crippen molar-refractivity contribution in [1.82, 2.24) is 19.9 Å². The fraction of sp³-hybridized carbons (Fsp3) is 0.280. The normalized spacial score (nSPS) is 19.0. The molecule has 2 aromatic heterocycles. The Morgan fingerprint density at radius 3 is 2.79 bits per heavy atom. The maximum atomic E-state index is 13.6. The van der Waals surface area contributed by atoms with E-state index in [0.717, 1.165) is 28.2 Å². The maximum Gasteiger partial charge on any atom is 0.154 e. The van der Waals surface area contributed by atoms with Crippen LogP contribution in [0.1, 0.15) is 24.9 Å². The SMILES string of the molecule is C[C@@H](Nc1ccc2ncc(-c3ccc(OC[C@@H]4C[C@@H](F)CN4)cc3)n2n1)c1cccc(F)c1. The zero-order valence-electron chi connectivity index (χ0n) is 18.2. The molecule has 8 heteroatoms. The minimum atomic E-state index is -0.792. The van der Waals surface area contributed by atoms with Crippen LogP contribution in [0.4, 0.5) is 14.6 Å². The molecule has 0 bridgehead atoms. The summed E-state index contributed by atoms with van der Waals surface area (Å²) in [6, 6.07) is 17.9. The topological polar surface area (TPSA) is 63.5 Å². The quantitative estimate of drug-likeness (QED) is 0.425. The fourth-order valence-corrected chi connectivity index (χ4v) is 4.04. The highest BCUT2D eigenvalue weighted by Crippen LogP contribution is 2.25. The van der Waals surface area contributed by atoms with Crippen LogP contribution in [-0.2, 0) is 0 Å². The smallest absolute Gasteiger partial charge is 0.154 e. The average molecular weight is 450 g/mol. The molecular weight excluding hydrogens is 424 g/mol. The van der Waals surface area contributed by atoms with Gasteiger partial charge in [0, 0.05) is 18.2 Å². The van der Waals surface area contributed by atoms with Crippen molar-refractivity contribution >= 4 is 11.5 Å². The third-order valence-electron chi connectivity index (χ3n) is 5.84. The van der Waals surface area contributed by atoms with Gasteiger partial charge in [0.15, 0.2) is 5.65 Å². The van der Waals surface area contributed by atoms with Gasteiger partial charge in [-0.3, -0.25) is 0 Å². The number of nitrogens with zero attached hydrogens (tertiary/aromatic N) is 3. The number of aromatic nitrogens is 3. The molecule has 1 fully saturated rings. The second kappa shape index (κ2) is 9.15. The van der Waals surface area contributed by atoms with Crippen molar-refractivity contribution in [1.29, 1.82) is 0 Å². The first-order valence-corrected chi connectivity index (χ1v) is 11.0. The van der Waals surface area contributed by atoms with Crippen molar-refractivity contribution in [2.75, 3.05) is 18.5 Å². The predicted octanol–water partition coefficient (Wildman–Crippen LogP) is 4.79. The first-order valence-electron chi connectivity index (χ1n) is 11.0. The van der Waals surface area contributed by atoms with Crippen LogP contribution in [0.3, 0.4) is 0 Å². The molecule has 33 heavy (non-hydrogen) atoms. The van der Waals surface area contributed by atoms with Gasteiger partial charge in [0.1, 0.15) is 30.2 Å². The number of rotatable bonds is 7. The zero-order valence-corrected chi connectivity index (χ0v) is 18.2. The van der Waals surface area contributed by atoms with Gasteiger partial charge in [-0.15, -0.1) is 5.10 Å². The van der Waals surface area contributed by atoms with Gasteiger partial charge in [-0.05, 0) is 67.4 Å². The van der Waals surface area contributed by atoms with Crippen LogP contribution in [0.5, 0.6) is 5.75 Å². The van der Waals surface area contributed by atoms with Crippen molar-refractivity contribution < 1.29 is 13.5 Å². The van der Waals surface area contributed by atoms with Crippen molar-refractivity contribution in [2.45, 2.75) is 31.6 Å². The molecule has 4 aromatic rings. The van der Waals surface area contributed by atoms with E-state index in [-0.39, 0.29) is 17.9 Å². The molecule has 0 spiro atoms. The summed E-state index contributed by atoms with van der Waals surface area (Å²) in [5.41, 5.74) is 3.35. The number of anilines is 1. The molecule has 2 N–H and O–H groups in total. The van der Waals surface area contributed by atoms with E-state index in [2.05, 4.69) is 15.6 Å². The minimum Gasteiger partial charge on any atom is -0.492 e. The Morgan fingerprint density at radius 1 is 1.18 bits per heavy atom. The molecule has 170 valence electrons. The number of alkyl halides is 1. The Labute approximate surface area is 190 Å². The number of imidazole rings is 1. The molecule has 5 rings (SSSR count). The van der Waals surface area contributed by atoms with E-state index < -0.39 is 6.17 Å². The summed E-state index contributed by atoms with van der Waals surface area (Å²) in [7, 11) is 0. The van der Waals surface area contributed by atoms with Crippen LogP contribution in [0.25, 0.3) is 16.9 Å². The van der Waals surface area contributed by atoms with Gasteiger partial charge in [0.25, 0.3) is 0 Å². The van der Waals surface area contributed by atoms with E-state index in [4.69, 9.17) is 9.84 Å². The molecule has 3 atom stereocenters. The number of nitrogens with one attached hydrogen (secondary N) is 2. The van der Waals surface area contributed by atoms with Gasteiger partial charge in [0.05, 0.1) is 17.9 Å². The molecule has 0 unspecified atom stereocenters. The summed E-state index contributed by atoms with van der Waals surface area (Å²) in [5.74, 6) is 1.13. The van der Waals surface area contributed by atoms with Gasteiger partial charge in [-0.2, -0.15) is 0 Å². The van der Waals surface area contributed by atoms with Crippen LogP contribution < -0.4 is 15.4 Å². The number of fused-ring (bicyclic) bond motifs is 1. The third kappa shape index (κ3) is 4.80. The first-order chi connectivity index (χ1) is 16.0. The van der Waals surface area contributed by atoms with Crippen LogP contribution in [0.2, 0.25) is 0 Å². The number of hydrogen-bond acceptors (Lipinski definition) is 5. The lowest BCUT2D eigenvalue weighted by Crippen LogP contribution is -2.28. The largest absolute Gasteiger partial charge is 0.492 e. The third-order valence-corrected chi connectivity index (χ3v) is 5.84. The highest BCUT2D eigenvalue weighted by Gasteiger charge is 2.23. The Bertz CT molecular complexity index is 1240. The van der Waals surface area contributed by atoms with Gasteiger partial charge in [-0.25, -0.2) is 18.3 Å². The standard InChI is InChI=1S/C25H25F2N5O/c1-16(18-3-2-4-19(26)11-18)30-24-9-10-25-29-14-23(32(25)31-24)17-5-7-22(8-6-17)33-15-21-12-20(27)13-28-21/h2-11,14,16,20-21,28H,12-13,15H2,1H3,(H,30,31)/t16-,20-,21+/m1/s1. The molecule has 6 nitrogen and oxygen atoms in total. The predicted molar refractivity (Wildman–Crippen MR) is 124 cm³/mol. The maximum absolute atomic E-state index is 13.6. The summed E-state index contributed by atoms with van der Waals surface area (Å²) in [6.07, 6.45) is 1.47.